The number of nitrogens with zero attached hydrogens (tertiary/aromatic N) is 5. The summed E-state index contributed by atoms with van der Waals surface area (Å²) in [6.45, 7) is 2.77. The molecule has 5 aromatic rings. The molecule has 0 aliphatic rings. The first-order valence-electron chi connectivity index (χ1n) is 9.34. The number of anilines is 1. The second-order valence-electron chi connectivity index (χ2n) is 6.54. The van der Waals surface area contributed by atoms with Crippen LogP contribution in [-0.4, -0.2) is 31.0 Å². The Morgan fingerprint density at radius 1 is 1.10 bits per heavy atom. The summed E-state index contributed by atoms with van der Waals surface area (Å²) < 4.78 is 12.3. The van der Waals surface area contributed by atoms with Gasteiger partial charge in [0.05, 0.1) is 11.8 Å². The van der Waals surface area contributed by atoms with E-state index in [1.807, 2.05) is 29.8 Å². The third-order valence-corrected chi connectivity index (χ3v) is 4.63. The van der Waals surface area contributed by atoms with Gasteiger partial charge in [-0.1, -0.05) is 10.4 Å². The van der Waals surface area contributed by atoms with Crippen molar-refractivity contribution in [3.63, 3.8) is 0 Å². The van der Waals surface area contributed by atoms with Gasteiger partial charge >= 0.3 is 0 Å². The Hall–Kier alpha value is -4.27. The molecule has 30 heavy (non-hydrogen) atoms. The minimum absolute atomic E-state index is 0.247. The summed E-state index contributed by atoms with van der Waals surface area (Å²) in [5.41, 5.74) is 3.89. The summed E-state index contributed by atoms with van der Waals surface area (Å²) >= 11 is 0. The quantitative estimate of drug-likeness (QED) is 0.474. The maximum Gasteiger partial charge on any atom is 0.291 e. The molecule has 0 bridgehead atoms. The number of hydrogen-bond donors (Lipinski definition) is 1. The summed E-state index contributed by atoms with van der Waals surface area (Å²) in [6.07, 6.45) is 1.45. The van der Waals surface area contributed by atoms with Gasteiger partial charge in [-0.05, 0) is 61.5 Å². The monoisotopic (exact) mass is 400 g/mol. The molecule has 0 fully saturated rings. The topological polar surface area (TPSA) is 112 Å². The van der Waals surface area contributed by atoms with E-state index in [1.54, 1.807) is 36.4 Å². The van der Waals surface area contributed by atoms with E-state index in [9.17, 15) is 4.79 Å². The van der Waals surface area contributed by atoms with E-state index < -0.39 is 0 Å². The van der Waals surface area contributed by atoms with Gasteiger partial charge < -0.3 is 14.3 Å². The summed E-state index contributed by atoms with van der Waals surface area (Å²) in [4.78, 5) is 16.5. The standard InChI is InChI=1S/C21H16N6O3/c1-2-27-17-10-7-14(12-16(17)24-26-27)19-23-21(30-25-19)13-5-8-15(9-6-13)22-20(28)18-4-3-11-29-18/h3-12H,2H2,1H3,(H,22,28). The first-order valence-corrected chi connectivity index (χ1v) is 9.34. The van der Waals surface area contributed by atoms with E-state index in [-0.39, 0.29) is 11.7 Å². The highest BCUT2D eigenvalue weighted by molar-refractivity contribution is 6.02. The fourth-order valence-electron chi connectivity index (χ4n) is 3.10. The average molecular weight is 400 g/mol. The molecule has 2 aromatic carbocycles. The molecule has 0 saturated carbocycles. The molecule has 0 saturated heterocycles. The van der Waals surface area contributed by atoms with Crippen LogP contribution in [0, 0.1) is 0 Å². The van der Waals surface area contributed by atoms with Crippen LogP contribution < -0.4 is 5.32 Å². The Kier molecular flexibility index (Phi) is 4.32. The summed E-state index contributed by atoms with van der Waals surface area (Å²) in [5.74, 6) is 0.777. The zero-order chi connectivity index (χ0) is 20.5. The minimum Gasteiger partial charge on any atom is -0.459 e. The van der Waals surface area contributed by atoms with Crippen LogP contribution in [-0.2, 0) is 6.54 Å². The van der Waals surface area contributed by atoms with Crippen molar-refractivity contribution >= 4 is 22.6 Å². The molecule has 0 spiro atoms. The Morgan fingerprint density at radius 2 is 1.93 bits per heavy atom. The van der Waals surface area contributed by atoms with Crippen molar-refractivity contribution < 1.29 is 13.7 Å². The number of fused-ring (bicyclic) bond motifs is 1. The molecule has 0 aliphatic heterocycles. The van der Waals surface area contributed by atoms with E-state index in [4.69, 9.17) is 8.94 Å². The molecule has 0 aliphatic carbocycles. The fraction of sp³-hybridized carbons (Fsp3) is 0.0952. The van der Waals surface area contributed by atoms with Gasteiger partial charge in [-0.3, -0.25) is 4.79 Å². The second kappa shape index (κ2) is 7.28. The highest BCUT2D eigenvalue weighted by Crippen LogP contribution is 2.25. The van der Waals surface area contributed by atoms with Crippen LogP contribution in [0.25, 0.3) is 33.9 Å². The lowest BCUT2D eigenvalue weighted by Crippen LogP contribution is -2.10. The zero-order valence-corrected chi connectivity index (χ0v) is 15.9. The molecule has 5 rings (SSSR count). The van der Waals surface area contributed by atoms with Crippen LogP contribution >= 0.6 is 0 Å². The Labute approximate surface area is 170 Å². The first kappa shape index (κ1) is 17.8. The van der Waals surface area contributed by atoms with Crippen molar-refractivity contribution in [1.82, 2.24) is 25.1 Å². The number of rotatable bonds is 5. The molecular formula is C21H16N6O3. The maximum absolute atomic E-state index is 12.0. The van der Waals surface area contributed by atoms with Crippen molar-refractivity contribution in [2.24, 2.45) is 0 Å². The first-order chi connectivity index (χ1) is 14.7. The lowest BCUT2D eigenvalue weighted by Gasteiger charge is -2.03. The number of benzene rings is 2. The minimum atomic E-state index is -0.316. The number of nitrogens with one attached hydrogen (secondary N) is 1. The SMILES string of the molecule is CCn1nnc2cc(-c3noc(-c4ccc(NC(=O)c5ccco5)cc4)n3)ccc21. The predicted octanol–water partition coefficient (Wildman–Crippen LogP) is 4.01. The van der Waals surface area contributed by atoms with E-state index in [2.05, 4.69) is 25.8 Å². The highest BCUT2D eigenvalue weighted by atomic mass is 16.5. The Bertz CT molecular complexity index is 1320. The van der Waals surface area contributed by atoms with Gasteiger partial charge in [0.1, 0.15) is 5.52 Å². The van der Waals surface area contributed by atoms with Crippen LogP contribution in [0.4, 0.5) is 5.69 Å². The zero-order valence-electron chi connectivity index (χ0n) is 15.9. The van der Waals surface area contributed by atoms with Gasteiger partial charge in [0.15, 0.2) is 5.76 Å². The number of carbonyl (C=O) groups is 1. The van der Waals surface area contributed by atoms with Crippen molar-refractivity contribution in [3.8, 4) is 22.8 Å². The normalized spacial score (nSPS) is 11.1. The maximum atomic E-state index is 12.0. The van der Waals surface area contributed by atoms with Crippen molar-refractivity contribution in [2.75, 3.05) is 5.32 Å². The van der Waals surface area contributed by atoms with E-state index in [0.29, 0.717) is 17.4 Å². The van der Waals surface area contributed by atoms with Crippen molar-refractivity contribution in [3.05, 3.63) is 66.6 Å². The number of furan rings is 1. The second-order valence-corrected chi connectivity index (χ2v) is 6.54. The van der Waals surface area contributed by atoms with Crippen molar-refractivity contribution in [1.29, 1.82) is 0 Å². The predicted molar refractivity (Wildman–Crippen MR) is 109 cm³/mol. The van der Waals surface area contributed by atoms with Gasteiger partial charge in [0, 0.05) is 23.4 Å². The van der Waals surface area contributed by atoms with Gasteiger partial charge in [-0.25, -0.2) is 4.68 Å². The van der Waals surface area contributed by atoms with Crippen LogP contribution in [0.5, 0.6) is 0 Å². The third-order valence-electron chi connectivity index (χ3n) is 4.63. The van der Waals surface area contributed by atoms with Crippen LogP contribution in [0.2, 0.25) is 0 Å². The lowest BCUT2D eigenvalue weighted by atomic mass is 10.2. The molecule has 0 radical (unpaired) electrons. The molecular weight excluding hydrogens is 384 g/mol. The van der Waals surface area contributed by atoms with Crippen molar-refractivity contribution in [2.45, 2.75) is 13.5 Å². The fourth-order valence-corrected chi connectivity index (χ4v) is 3.10. The summed E-state index contributed by atoms with van der Waals surface area (Å²) in [6, 6.07) is 16.1. The summed E-state index contributed by atoms with van der Waals surface area (Å²) in [5, 5.41) is 15.1. The molecule has 0 atom stereocenters. The van der Waals surface area contributed by atoms with Gasteiger partial charge in [0.25, 0.3) is 11.8 Å². The number of amides is 1. The molecule has 148 valence electrons. The molecule has 0 unspecified atom stereocenters. The highest BCUT2D eigenvalue weighted by Gasteiger charge is 2.14. The molecule has 9 heteroatoms. The summed E-state index contributed by atoms with van der Waals surface area (Å²) in [7, 11) is 0. The lowest BCUT2D eigenvalue weighted by molar-refractivity contribution is 0.0996. The van der Waals surface area contributed by atoms with Crippen LogP contribution in [0.15, 0.2) is 69.8 Å². The number of aryl methyl sites for hydroxylation is 1. The largest absolute Gasteiger partial charge is 0.459 e. The number of hydrogen-bond acceptors (Lipinski definition) is 7. The average Bonchev–Trinajstić information content (AvgIpc) is 3.54. The molecule has 9 nitrogen and oxygen atoms in total. The van der Waals surface area contributed by atoms with E-state index in [0.717, 1.165) is 28.7 Å². The van der Waals surface area contributed by atoms with Gasteiger partial charge in [-0.15, -0.1) is 5.10 Å². The Balaban J connectivity index is 1.35. The molecule has 1 N–H and O–H groups in total. The van der Waals surface area contributed by atoms with Gasteiger partial charge in [-0.2, -0.15) is 4.98 Å². The van der Waals surface area contributed by atoms with E-state index in [1.165, 1.54) is 6.26 Å². The molecule has 3 aromatic heterocycles. The van der Waals surface area contributed by atoms with Crippen LogP contribution in [0.3, 0.4) is 0 Å². The molecule has 1 amide bonds. The number of aromatic nitrogens is 5. The molecule has 3 heterocycles. The Morgan fingerprint density at radius 3 is 2.70 bits per heavy atom. The third kappa shape index (κ3) is 3.22. The smallest absolute Gasteiger partial charge is 0.291 e. The van der Waals surface area contributed by atoms with Gasteiger partial charge in [0.2, 0.25) is 5.82 Å². The number of carbonyl (C=O) groups excluding carboxylic acids is 1. The van der Waals surface area contributed by atoms with Crippen LogP contribution in [0.1, 0.15) is 17.5 Å². The van der Waals surface area contributed by atoms with E-state index >= 15 is 0 Å².